The molecule has 0 N–H and O–H groups in total. The third-order valence-corrected chi connectivity index (χ3v) is 3.75. The van der Waals surface area contributed by atoms with Crippen LogP contribution in [0.25, 0.3) is 0 Å². The predicted octanol–water partition coefficient (Wildman–Crippen LogP) is 1.82. The Kier molecular flexibility index (Phi) is 4.55. The lowest BCUT2D eigenvalue weighted by atomic mass is 10.2. The number of rotatable bonds is 3. The first-order valence-electron chi connectivity index (χ1n) is 5.83. The van der Waals surface area contributed by atoms with Crippen LogP contribution in [0.4, 0.5) is 0 Å². The van der Waals surface area contributed by atoms with E-state index in [0.717, 1.165) is 10.2 Å². The van der Waals surface area contributed by atoms with Crippen LogP contribution >= 0.6 is 22.6 Å². The fraction of sp³-hybridized carbons (Fsp3) is 0.583. The van der Waals surface area contributed by atoms with Crippen molar-refractivity contribution in [1.29, 1.82) is 0 Å². The van der Waals surface area contributed by atoms with Crippen molar-refractivity contribution in [2.75, 3.05) is 32.7 Å². The molecule has 0 atom stereocenters. The second-order valence-electron chi connectivity index (χ2n) is 4.20. The highest BCUT2D eigenvalue weighted by atomic mass is 127. The minimum atomic E-state index is 1.04. The molecule has 0 aliphatic carbocycles. The first-order chi connectivity index (χ1) is 7.78. The van der Waals surface area contributed by atoms with Crippen LogP contribution in [0.1, 0.15) is 12.5 Å². The summed E-state index contributed by atoms with van der Waals surface area (Å²) >= 11 is 2.24. The minimum absolute atomic E-state index is 1.04. The van der Waals surface area contributed by atoms with E-state index in [1.54, 1.807) is 0 Å². The Morgan fingerprint density at radius 2 is 1.88 bits per heavy atom. The molecule has 2 heterocycles. The summed E-state index contributed by atoms with van der Waals surface area (Å²) in [4.78, 5) is 9.34. The van der Waals surface area contributed by atoms with Crippen LogP contribution in [-0.2, 0) is 6.54 Å². The van der Waals surface area contributed by atoms with E-state index >= 15 is 0 Å². The molecule has 0 spiro atoms. The van der Waals surface area contributed by atoms with Crippen molar-refractivity contribution in [2.45, 2.75) is 13.5 Å². The zero-order valence-electron chi connectivity index (χ0n) is 9.69. The number of likely N-dealkylation sites (N-methyl/N-ethyl adjacent to an activating group) is 1. The summed E-state index contributed by atoms with van der Waals surface area (Å²) in [5.74, 6) is 0. The topological polar surface area (TPSA) is 19.4 Å². The lowest BCUT2D eigenvalue weighted by Gasteiger charge is -2.33. The fourth-order valence-corrected chi connectivity index (χ4v) is 2.34. The Balaban J connectivity index is 1.84. The average Bonchev–Trinajstić information content (AvgIpc) is 2.33. The quantitative estimate of drug-likeness (QED) is 0.622. The molecule has 88 valence electrons. The highest BCUT2D eigenvalue weighted by molar-refractivity contribution is 14.1. The summed E-state index contributed by atoms with van der Waals surface area (Å²) in [6, 6.07) is 4.26. The Morgan fingerprint density at radius 3 is 2.44 bits per heavy atom. The molecule has 0 bridgehead atoms. The van der Waals surface area contributed by atoms with Gasteiger partial charge in [0, 0.05) is 38.9 Å². The van der Waals surface area contributed by atoms with Crippen molar-refractivity contribution in [2.24, 2.45) is 0 Å². The number of nitrogens with zero attached hydrogens (tertiary/aromatic N) is 3. The summed E-state index contributed by atoms with van der Waals surface area (Å²) in [6.45, 7) is 9.22. The maximum atomic E-state index is 4.33. The molecule has 0 saturated carbocycles. The standard InChI is InChI=1S/C12H18IN3/c1-2-15-5-7-16(8-6-15)10-11-3-4-12(13)14-9-11/h3-4,9H,2,5-8,10H2,1H3. The fourth-order valence-electron chi connectivity index (χ4n) is 2.02. The molecule has 0 radical (unpaired) electrons. The summed E-state index contributed by atoms with van der Waals surface area (Å²) in [5.41, 5.74) is 1.32. The Morgan fingerprint density at radius 1 is 1.19 bits per heavy atom. The molecule has 1 saturated heterocycles. The predicted molar refractivity (Wildman–Crippen MR) is 74.3 cm³/mol. The van der Waals surface area contributed by atoms with E-state index in [1.165, 1.54) is 38.3 Å². The van der Waals surface area contributed by atoms with Crippen molar-refractivity contribution in [3.8, 4) is 0 Å². The zero-order chi connectivity index (χ0) is 11.4. The largest absolute Gasteiger partial charge is 0.301 e. The van der Waals surface area contributed by atoms with Gasteiger partial charge in [0.15, 0.2) is 0 Å². The van der Waals surface area contributed by atoms with Crippen LogP contribution in [0.15, 0.2) is 18.3 Å². The molecule has 0 unspecified atom stereocenters. The van der Waals surface area contributed by atoms with Crippen LogP contribution in [-0.4, -0.2) is 47.5 Å². The molecule has 1 fully saturated rings. The van der Waals surface area contributed by atoms with Gasteiger partial charge in [-0.3, -0.25) is 9.88 Å². The molecule has 1 aromatic rings. The van der Waals surface area contributed by atoms with Gasteiger partial charge in [0.2, 0.25) is 0 Å². The highest BCUT2D eigenvalue weighted by Crippen LogP contribution is 2.09. The van der Waals surface area contributed by atoms with E-state index in [0.29, 0.717) is 0 Å². The van der Waals surface area contributed by atoms with Gasteiger partial charge in [-0.25, -0.2) is 0 Å². The van der Waals surface area contributed by atoms with Gasteiger partial charge in [-0.15, -0.1) is 0 Å². The number of pyridine rings is 1. The van der Waals surface area contributed by atoms with Crippen molar-refractivity contribution >= 4 is 22.6 Å². The molecule has 0 amide bonds. The van der Waals surface area contributed by atoms with E-state index in [2.05, 4.69) is 56.4 Å². The van der Waals surface area contributed by atoms with E-state index in [1.807, 2.05) is 6.20 Å². The van der Waals surface area contributed by atoms with Gasteiger partial charge in [-0.2, -0.15) is 0 Å². The SMILES string of the molecule is CCN1CCN(Cc2ccc(I)nc2)CC1. The van der Waals surface area contributed by atoms with Crippen LogP contribution in [0.5, 0.6) is 0 Å². The van der Waals surface area contributed by atoms with Gasteiger partial charge in [0.1, 0.15) is 3.70 Å². The molecule has 2 rings (SSSR count). The molecule has 4 heteroatoms. The first kappa shape index (κ1) is 12.3. The van der Waals surface area contributed by atoms with Crippen molar-refractivity contribution in [3.63, 3.8) is 0 Å². The van der Waals surface area contributed by atoms with E-state index < -0.39 is 0 Å². The van der Waals surface area contributed by atoms with E-state index in [-0.39, 0.29) is 0 Å². The Bertz CT molecular complexity index is 318. The number of piperazine rings is 1. The first-order valence-corrected chi connectivity index (χ1v) is 6.91. The second-order valence-corrected chi connectivity index (χ2v) is 5.30. The molecule has 1 aliphatic heterocycles. The molecular weight excluding hydrogens is 313 g/mol. The van der Waals surface area contributed by atoms with Gasteiger partial charge in [0.25, 0.3) is 0 Å². The third-order valence-electron chi connectivity index (χ3n) is 3.11. The molecule has 0 aromatic carbocycles. The number of hydrogen-bond acceptors (Lipinski definition) is 3. The van der Waals surface area contributed by atoms with E-state index in [4.69, 9.17) is 0 Å². The summed E-state index contributed by atoms with van der Waals surface area (Å²) < 4.78 is 1.07. The van der Waals surface area contributed by atoms with Gasteiger partial charge < -0.3 is 4.90 Å². The van der Waals surface area contributed by atoms with Gasteiger partial charge >= 0.3 is 0 Å². The molecule has 16 heavy (non-hydrogen) atoms. The third kappa shape index (κ3) is 3.40. The number of aromatic nitrogens is 1. The van der Waals surface area contributed by atoms with Crippen molar-refractivity contribution < 1.29 is 0 Å². The van der Waals surface area contributed by atoms with Crippen LogP contribution < -0.4 is 0 Å². The lowest BCUT2D eigenvalue weighted by Crippen LogP contribution is -2.45. The monoisotopic (exact) mass is 331 g/mol. The van der Waals surface area contributed by atoms with Gasteiger partial charge in [0.05, 0.1) is 0 Å². The maximum absolute atomic E-state index is 4.33. The molecule has 3 nitrogen and oxygen atoms in total. The Hall–Kier alpha value is -0.200. The highest BCUT2D eigenvalue weighted by Gasteiger charge is 2.15. The minimum Gasteiger partial charge on any atom is -0.301 e. The number of halogens is 1. The van der Waals surface area contributed by atoms with E-state index in [9.17, 15) is 0 Å². The van der Waals surface area contributed by atoms with Crippen molar-refractivity contribution in [3.05, 3.63) is 27.6 Å². The summed E-state index contributed by atoms with van der Waals surface area (Å²) in [6.07, 6.45) is 1.99. The number of hydrogen-bond donors (Lipinski definition) is 0. The van der Waals surface area contributed by atoms with Gasteiger partial charge in [-0.1, -0.05) is 13.0 Å². The summed E-state index contributed by atoms with van der Waals surface area (Å²) in [5, 5.41) is 0. The molecule has 1 aromatic heterocycles. The van der Waals surface area contributed by atoms with Crippen LogP contribution in [0, 0.1) is 3.70 Å². The Labute approximate surface area is 111 Å². The zero-order valence-corrected chi connectivity index (χ0v) is 11.9. The van der Waals surface area contributed by atoms with Crippen LogP contribution in [0.3, 0.4) is 0 Å². The van der Waals surface area contributed by atoms with Crippen LogP contribution in [0.2, 0.25) is 0 Å². The molecular formula is C12H18IN3. The van der Waals surface area contributed by atoms with Crippen molar-refractivity contribution in [1.82, 2.24) is 14.8 Å². The van der Waals surface area contributed by atoms with Gasteiger partial charge in [-0.05, 0) is 40.8 Å². The average molecular weight is 331 g/mol. The maximum Gasteiger partial charge on any atom is 0.101 e. The molecule has 1 aliphatic rings. The lowest BCUT2D eigenvalue weighted by molar-refractivity contribution is 0.132. The summed E-state index contributed by atoms with van der Waals surface area (Å²) in [7, 11) is 0. The normalized spacial score (nSPS) is 18.9. The smallest absolute Gasteiger partial charge is 0.101 e. The second kappa shape index (κ2) is 5.93.